The van der Waals surface area contributed by atoms with Crippen LogP contribution in [0.1, 0.15) is 26.7 Å². The summed E-state index contributed by atoms with van der Waals surface area (Å²) < 4.78 is 1.36. The summed E-state index contributed by atoms with van der Waals surface area (Å²) in [6, 6.07) is 3.17. The van der Waals surface area contributed by atoms with Crippen LogP contribution in [0.5, 0.6) is 0 Å². The highest BCUT2D eigenvalue weighted by Crippen LogP contribution is 2.12. The van der Waals surface area contributed by atoms with Gasteiger partial charge < -0.3 is 21.0 Å². The van der Waals surface area contributed by atoms with E-state index in [1.54, 1.807) is 19.1 Å². The van der Waals surface area contributed by atoms with E-state index in [1.807, 2.05) is 5.43 Å². The minimum Gasteiger partial charge on any atom is -0.392 e. The number of amides is 2. The van der Waals surface area contributed by atoms with Crippen molar-refractivity contribution in [2.75, 3.05) is 6.61 Å². The van der Waals surface area contributed by atoms with Crippen LogP contribution in [0.3, 0.4) is 0 Å². The van der Waals surface area contributed by atoms with Crippen LogP contribution in [0.15, 0.2) is 49.3 Å². The minimum absolute atomic E-state index is 0.0819. The molecule has 2 amide bonds. The third-order valence-electron chi connectivity index (χ3n) is 3.43. The van der Waals surface area contributed by atoms with Gasteiger partial charge >= 0.3 is 5.82 Å². The second kappa shape index (κ2) is 13.0. The Balaban J connectivity index is 0.000000235. The third-order valence-corrected chi connectivity index (χ3v) is 3.43. The lowest BCUT2D eigenvalue weighted by atomic mass is 10.3. The minimum atomic E-state index is -0.553. The number of pyridine rings is 1. The second-order valence-corrected chi connectivity index (χ2v) is 5.46. The number of hydrogen-bond acceptors (Lipinski definition) is 10. The van der Waals surface area contributed by atoms with Crippen LogP contribution in [-0.4, -0.2) is 53.0 Å². The topological polar surface area (TPSA) is 218 Å². The van der Waals surface area contributed by atoms with Crippen molar-refractivity contribution in [3.63, 3.8) is 0 Å². The first-order valence-corrected chi connectivity index (χ1v) is 8.56. The first-order valence-electron chi connectivity index (χ1n) is 8.56. The molecule has 0 aromatic carbocycles. The molecule has 0 aliphatic rings. The predicted octanol–water partition coefficient (Wildman–Crippen LogP) is -0.647. The zero-order valence-electron chi connectivity index (χ0n) is 16.5. The molecule has 0 spiro atoms. The Morgan fingerprint density at radius 3 is 2.29 bits per heavy atom. The molecule has 0 aliphatic carbocycles. The van der Waals surface area contributed by atoms with Gasteiger partial charge in [0.2, 0.25) is 0 Å². The van der Waals surface area contributed by atoms with E-state index in [2.05, 4.69) is 19.9 Å². The average molecular weight is 431 g/mol. The number of aryl methyl sites for hydroxylation is 1. The van der Waals surface area contributed by atoms with Gasteiger partial charge in [-0.15, -0.1) is 0 Å². The number of carbonyl (C=O) groups is 2. The van der Waals surface area contributed by atoms with Crippen molar-refractivity contribution in [2.45, 2.75) is 13.5 Å². The molecule has 14 nitrogen and oxygen atoms in total. The van der Waals surface area contributed by atoms with Gasteiger partial charge in [0.05, 0.1) is 12.8 Å². The molecule has 14 heteroatoms. The maximum atomic E-state index is 10.7. The maximum absolute atomic E-state index is 10.7. The van der Waals surface area contributed by atoms with Gasteiger partial charge in [-0.1, -0.05) is 0 Å². The van der Waals surface area contributed by atoms with Gasteiger partial charge in [-0.05, 0) is 17.1 Å². The Bertz CT molecular complexity index is 980. The monoisotopic (exact) mass is 431 g/mol. The molecule has 0 fully saturated rings. The molecule has 0 aliphatic heterocycles. The van der Waals surface area contributed by atoms with E-state index in [0.717, 1.165) is 0 Å². The second-order valence-electron chi connectivity index (χ2n) is 5.46. The average Bonchev–Trinajstić information content (AvgIpc) is 3.16. The van der Waals surface area contributed by atoms with Crippen LogP contribution in [0.25, 0.3) is 0 Å². The van der Waals surface area contributed by atoms with E-state index < -0.39 is 10.8 Å². The zero-order valence-corrected chi connectivity index (χ0v) is 16.5. The number of hydrazine groups is 1. The molecule has 3 aromatic rings. The number of nitrogens with one attached hydrogen (secondary N) is 1. The van der Waals surface area contributed by atoms with Crippen molar-refractivity contribution in [1.82, 2.24) is 29.9 Å². The number of aromatic nitrogens is 5. The van der Waals surface area contributed by atoms with Crippen molar-refractivity contribution in [3.8, 4) is 0 Å². The normalized spacial score (nSPS) is 9.39. The van der Waals surface area contributed by atoms with Gasteiger partial charge in [-0.3, -0.25) is 25.0 Å². The molecular weight excluding hydrogens is 410 g/mol. The van der Waals surface area contributed by atoms with Crippen LogP contribution in [0.4, 0.5) is 5.82 Å². The van der Waals surface area contributed by atoms with Gasteiger partial charge in [0.25, 0.3) is 11.8 Å². The molecule has 3 rings (SSSR count). The quantitative estimate of drug-likeness (QED) is 0.173. The molecule has 0 bridgehead atoms. The summed E-state index contributed by atoms with van der Waals surface area (Å²) >= 11 is 0. The fourth-order valence-corrected chi connectivity index (χ4v) is 1.99. The largest absolute Gasteiger partial charge is 0.392 e. The first-order chi connectivity index (χ1) is 14.8. The highest BCUT2D eigenvalue weighted by atomic mass is 16.6. The predicted molar refractivity (Wildman–Crippen MR) is 107 cm³/mol. The molecule has 0 saturated heterocycles. The van der Waals surface area contributed by atoms with Crippen LogP contribution >= 0.6 is 0 Å². The summed E-state index contributed by atoms with van der Waals surface area (Å²) in [6.45, 7) is 1.74. The van der Waals surface area contributed by atoms with E-state index in [9.17, 15) is 19.7 Å². The van der Waals surface area contributed by atoms with E-state index in [1.165, 1.54) is 41.7 Å². The van der Waals surface area contributed by atoms with Gasteiger partial charge in [-0.2, -0.15) is 0 Å². The summed E-state index contributed by atoms with van der Waals surface area (Å²) in [5.41, 5.74) is 7.59. The fourth-order valence-electron chi connectivity index (χ4n) is 1.99. The highest BCUT2D eigenvalue weighted by molar-refractivity contribution is 5.93. The Labute approximate surface area is 176 Å². The van der Waals surface area contributed by atoms with Crippen LogP contribution in [0, 0.1) is 17.0 Å². The molecule has 0 radical (unpaired) electrons. The van der Waals surface area contributed by atoms with Crippen molar-refractivity contribution in [2.24, 2.45) is 11.6 Å². The van der Waals surface area contributed by atoms with Gasteiger partial charge in [0, 0.05) is 37.3 Å². The van der Waals surface area contributed by atoms with Crippen LogP contribution in [0.2, 0.25) is 0 Å². The molecule has 31 heavy (non-hydrogen) atoms. The summed E-state index contributed by atoms with van der Waals surface area (Å²) in [7, 11) is 0. The zero-order chi connectivity index (χ0) is 23.2. The Morgan fingerprint density at radius 1 is 1.16 bits per heavy atom. The number of nitrogens with two attached hydrogens (primary N) is 2. The molecule has 3 aromatic heterocycles. The number of aliphatic hydroxyl groups is 1. The number of aliphatic hydroxyl groups excluding tert-OH is 1. The van der Waals surface area contributed by atoms with Gasteiger partial charge in [-0.25, -0.2) is 20.4 Å². The van der Waals surface area contributed by atoms with Crippen molar-refractivity contribution in [1.29, 1.82) is 0 Å². The Morgan fingerprint density at radius 2 is 1.84 bits per heavy atom. The van der Waals surface area contributed by atoms with Crippen molar-refractivity contribution >= 4 is 17.6 Å². The SMILES string of the molecule is Cc1ncc([N+](=O)[O-])n1CCO.NC(=O)c1cnccn1.NNC(=O)c1ccncc1. The number of imidazole rings is 1. The molecule has 164 valence electrons. The summed E-state index contributed by atoms with van der Waals surface area (Å²) in [5, 5.41) is 19.0. The van der Waals surface area contributed by atoms with Gasteiger partial charge in [0.15, 0.2) is 5.82 Å². The Hall–Kier alpha value is -4.30. The van der Waals surface area contributed by atoms with Crippen LogP contribution in [-0.2, 0) is 6.54 Å². The number of nitrogen functional groups attached to an aromatic ring is 1. The van der Waals surface area contributed by atoms with E-state index in [4.69, 9.17) is 16.7 Å². The molecule has 3 heterocycles. The van der Waals surface area contributed by atoms with Crippen molar-refractivity contribution < 1.29 is 19.6 Å². The fraction of sp³-hybridized carbons (Fsp3) is 0.176. The molecule has 6 N–H and O–H groups in total. The lowest BCUT2D eigenvalue weighted by Crippen LogP contribution is -2.29. The lowest BCUT2D eigenvalue weighted by molar-refractivity contribution is -0.392. The maximum Gasteiger partial charge on any atom is 0.342 e. The molecule has 0 unspecified atom stereocenters. The number of nitro groups is 1. The summed E-state index contributed by atoms with van der Waals surface area (Å²) in [5.74, 6) is 4.48. The summed E-state index contributed by atoms with van der Waals surface area (Å²) in [6.07, 6.45) is 8.47. The van der Waals surface area contributed by atoms with Crippen molar-refractivity contribution in [3.05, 3.63) is 76.5 Å². The summed E-state index contributed by atoms with van der Waals surface area (Å²) in [4.78, 5) is 45.7. The highest BCUT2D eigenvalue weighted by Gasteiger charge is 2.15. The number of rotatable bonds is 5. The lowest BCUT2D eigenvalue weighted by Gasteiger charge is -1.98. The number of nitrogens with zero attached hydrogens (tertiary/aromatic N) is 6. The van der Waals surface area contributed by atoms with Gasteiger partial charge in [0.1, 0.15) is 18.4 Å². The Kier molecular flexibility index (Phi) is 10.4. The van der Waals surface area contributed by atoms with E-state index in [0.29, 0.717) is 11.4 Å². The smallest absolute Gasteiger partial charge is 0.342 e. The molecule has 0 saturated carbocycles. The first kappa shape index (κ1) is 24.7. The molecular formula is C17H21N9O5. The van der Waals surface area contributed by atoms with Crippen LogP contribution < -0.4 is 17.0 Å². The number of carbonyl (C=O) groups excluding carboxylic acids is 2. The van der Waals surface area contributed by atoms with E-state index >= 15 is 0 Å². The molecule has 0 atom stereocenters. The third kappa shape index (κ3) is 8.30. The standard InChI is InChI=1S/C6H9N3O3.C6H7N3O.C5H5N3O/c1-5-7-4-6(9(11)12)8(5)2-3-10;7-9-6(10)5-1-3-8-4-2-5;6-5(9)4-3-7-1-2-8-4/h4,10H,2-3H2,1H3;1-4H,7H2,(H,9,10);1-3H,(H2,6,9). The number of primary amides is 1. The van der Waals surface area contributed by atoms with E-state index in [-0.39, 0.29) is 30.6 Å². The number of hydrogen-bond donors (Lipinski definition) is 4.